The quantitative estimate of drug-likeness (QED) is 0.505. The molecule has 138 valence electrons. The summed E-state index contributed by atoms with van der Waals surface area (Å²) >= 11 is 0. The average Bonchev–Trinajstić information content (AvgIpc) is 2.69. The highest BCUT2D eigenvalue weighted by Gasteiger charge is 2.08. The summed E-state index contributed by atoms with van der Waals surface area (Å²) in [4.78, 5) is 24.0. The number of anilines is 1. The first kappa shape index (κ1) is 17.7. The highest BCUT2D eigenvalue weighted by atomic mass is 19.1. The molecule has 1 aromatic heterocycles. The van der Waals surface area contributed by atoms with Gasteiger partial charge in [0.15, 0.2) is 0 Å². The Morgan fingerprint density at radius 1 is 0.893 bits per heavy atom. The molecular formula is C23H16FNO3. The van der Waals surface area contributed by atoms with Crippen LogP contribution in [0.5, 0.6) is 0 Å². The Morgan fingerprint density at radius 2 is 1.57 bits per heavy atom. The number of nitrogens with one attached hydrogen (secondary N) is 1. The molecule has 4 rings (SSSR count). The van der Waals surface area contributed by atoms with Gasteiger partial charge in [0.2, 0.25) is 0 Å². The Morgan fingerprint density at radius 3 is 2.29 bits per heavy atom. The molecule has 28 heavy (non-hydrogen) atoms. The molecular weight excluding hydrogens is 357 g/mol. The highest BCUT2D eigenvalue weighted by Crippen LogP contribution is 2.26. The van der Waals surface area contributed by atoms with Gasteiger partial charge in [-0.2, -0.15) is 0 Å². The maximum Gasteiger partial charge on any atom is 0.336 e. The Balaban J connectivity index is 1.59. The number of halogens is 1. The predicted octanol–water partition coefficient (Wildman–Crippen LogP) is 5.16. The van der Waals surface area contributed by atoms with Crippen LogP contribution in [0, 0.1) is 12.7 Å². The van der Waals surface area contributed by atoms with Gasteiger partial charge in [-0.05, 0) is 66.1 Å². The average molecular weight is 373 g/mol. The van der Waals surface area contributed by atoms with Crippen molar-refractivity contribution in [2.75, 3.05) is 5.32 Å². The smallest absolute Gasteiger partial charge is 0.336 e. The lowest BCUT2D eigenvalue weighted by molar-refractivity contribution is 0.102. The number of fused-ring (bicyclic) bond motifs is 1. The molecule has 0 aliphatic rings. The van der Waals surface area contributed by atoms with Crippen molar-refractivity contribution in [3.8, 4) is 11.1 Å². The number of benzene rings is 3. The SMILES string of the molecule is Cc1cc(=O)oc2cc(-c3ccc(C(=O)Nc4ccc(F)cc4)cc3)ccc12. The van der Waals surface area contributed by atoms with Crippen molar-refractivity contribution in [2.45, 2.75) is 6.92 Å². The Kier molecular flexibility index (Phi) is 4.49. The molecule has 3 aromatic carbocycles. The monoisotopic (exact) mass is 373 g/mol. The van der Waals surface area contributed by atoms with Gasteiger partial charge in [0, 0.05) is 22.7 Å². The van der Waals surface area contributed by atoms with Gasteiger partial charge in [-0.3, -0.25) is 4.79 Å². The molecule has 0 radical (unpaired) electrons. The van der Waals surface area contributed by atoms with Crippen LogP contribution in [0.15, 0.2) is 82.0 Å². The zero-order chi connectivity index (χ0) is 19.7. The lowest BCUT2D eigenvalue weighted by Gasteiger charge is -2.08. The topological polar surface area (TPSA) is 59.3 Å². The second kappa shape index (κ2) is 7.12. The van der Waals surface area contributed by atoms with Crippen LogP contribution in [-0.2, 0) is 0 Å². The maximum absolute atomic E-state index is 13.0. The van der Waals surface area contributed by atoms with Gasteiger partial charge in [-0.1, -0.05) is 24.3 Å². The molecule has 0 unspecified atom stereocenters. The zero-order valence-electron chi connectivity index (χ0n) is 15.0. The van der Waals surface area contributed by atoms with Crippen molar-refractivity contribution in [3.63, 3.8) is 0 Å². The fourth-order valence-electron chi connectivity index (χ4n) is 3.06. The van der Waals surface area contributed by atoms with E-state index in [0.29, 0.717) is 16.8 Å². The van der Waals surface area contributed by atoms with Crippen LogP contribution < -0.4 is 10.9 Å². The van der Waals surface area contributed by atoms with Crippen molar-refractivity contribution < 1.29 is 13.6 Å². The van der Waals surface area contributed by atoms with E-state index in [1.807, 2.05) is 37.3 Å². The molecule has 5 heteroatoms. The number of carbonyl (C=O) groups excluding carboxylic acids is 1. The van der Waals surface area contributed by atoms with Gasteiger partial charge in [0.05, 0.1) is 0 Å². The zero-order valence-corrected chi connectivity index (χ0v) is 15.0. The summed E-state index contributed by atoms with van der Waals surface area (Å²) in [6.07, 6.45) is 0. The summed E-state index contributed by atoms with van der Waals surface area (Å²) in [7, 11) is 0. The van der Waals surface area contributed by atoms with Gasteiger partial charge >= 0.3 is 5.63 Å². The molecule has 0 aliphatic heterocycles. The fraction of sp³-hybridized carbons (Fsp3) is 0.0435. The Hall–Kier alpha value is -3.73. The number of hydrogen-bond donors (Lipinski definition) is 1. The summed E-state index contributed by atoms with van der Waals surface area (Å²) in [6.45, 7) is 1.87. The molecule has 0 saturated carbocycles. The molecule has 1 N–H and O–H groups in total. The van der Waals surface area contributed by atoms with Crippen LogP contribution in [0.3, 0.4) is 0 Å². The van der Waals surface area contributed by atoms with E-state index < -0.39 is 0 Å². The highest BCUT2D eigenvalue weighted by molar-refractivity contribution is 6.04. The second-order valence-electron chi connectivity index (χ2n) is 6.50. The van der Waals surface area contributed by atoms with Gasteiger partial charge < -0.3 is 9.73 Å². The van der Waals surface area contributed by atoms with Crippen molar-refractivity contribution in [1.29, 1.82) is 0 Å². The van der Waals surface area contributed by atoms with Gasteiger partial charge in [-0.25, -0.2) is 9.18 Å². The lowest BCUT2D eigenvalue weighted by atomic mass is 10.0. The molecule has 0 aliphatic carbocycles. The van der Waals surface area contributed by atoms with Crippen LogP contribution >= 0.6 is 0 Å². The van der Waals surface area contributed by atoms with Crippen LogP contribution in [0.4, 0.5) is 10.1 Å². The number of amides is 1. The van der Waals surface area contributed by atoms with E-state index in [-0.39, 0.29) is 17.3 Å². The molecule has 0 fully saturated rings. The Labute approximate surface area is 160 Å². The molecule has 4 nitrogen and oxygen atoms in total. The molecule has 0 atom stereocenters. The molecule has 0 bridgehead atoms. The van der Waals surface area contributed by atoms with Gasteiger partial charge in [0.1, 0.15) is 11.4 Å². The van der Waals surface area contributed by atoms with E-state index in [0.717, 1.165) is 22.1 Å². The second-order valence-corrected chi connectivity index (χ2v) is 6.50. The third-order valence-corrected chi connectivity index (χ3v) is 4.53. The number of carbonyl (C=O) groups is 1. The number of hydrogen-bond acceptors (Lipinski definition) is 3. The first-order chi connectivity index (χ1) is 13.5. The van der Waals surface area contributed by atoms with E-state index in [4.69, 9.17) is 4.42 Å². The first-order valence-corrected chi connectivity index (χ1v) is 8.71. The number of rotatable bonds is 3. The maximum atomic E-state index is 13.0. The van der Waals surface area contributed by atoms with Gasteiger partial charge in [0.25, 0.3) is 5.91 Å². The normalized spacial score (nSPS) is 10.8. The third-order valence-electron chi connectivity index (χ3n) is 4.53. The van der Waals surface area contributed by atoms with Crippen molar-refractivity contribution in [3.05, 3.63) is 100 Å². The van der Waals surface area contributed by atoms with E-state index in [1.165, 1.54) is 30.3 Å². The largest absolute Gasteiger partial charge is 0.423 e. The van der Waals surface area contributed by atoms with Crippen LogP contribution in [0.25, 0.3) is 22.1 Å². The Bertz CT molecular complexity index is 1230. The fourth-order valence-corrected chi connectivity index (χ4v) is 3.06. The minimum Gasteiger partial charge on any atom is -0.423 e. The summed E-state index contributed by atoms with van der Waals surface area (Å²) in [6, 6.07) is 19.8. The molecule has 0 spiro atoms. The lowest BCUT2D eigenvalue weighted by Crippen LogP contribution is -2.11. The van der Waals surface area contributed by atoms with Crippen molar-refractivity contribution in [2.24, 2.45) is 0 Å². The first-order valence-electron chi connectivity index (χ1n) is 8.71. The molecule has 1 amide bonds. The molecule has 1 heterocycles. The van der Waals surface area contributed by atoms with Crippen LogP contribution in [0.2, 0.25) is 0 Å². The summed E-state index contributed by atoms with van der Waals surface area (Å²) in [5.41, 5.74) is 3.80. The third kappa shape index (κ3) is 3.55. The van der Waals surface area contributed by atoms with Gasteiger partial charge in [-0.15, -0.1) is 0 Å². The summed E-state index contributed by atoms with van der Waals surface area (Å²) in [5.74, 6) is -0.637. The van der Waals surface area contributed by atoms with E-state index in [2.05, 4.69) is 5.32 Å². The van der Waals surface area contributed by atoms with Crippen LogP contribution in [-0.4, -0.2) is 5.91 Å². The predicted molar refractivity (Wildman–Crippen MR) is 107 cm³/mol. The number of aryl methyl sites for hydroxylation is 1. The van der Waals surface area contributed by atoms with E-state index >= 15 is 0 Å². The van der Waals surface area contributed by atoms with E-state index in [1.54, 1.807) is 12.1 Å². The van der Waals surface area contributed by atoms with E-state index in [9.17, 15) is 14.0 Å². The summed E-state index contributed by atoms with van der Waals surface area (Å²) < 4.78 is 18.3. The minimum atomic E-state index is -0.380. The molecule has 0 saturated heterocycles. The van der Waals surface area contributed by atoms with Crippen molar-refractivity contribution >= 4 is 22.6 Å². The van der Waals surface area contributed by atoms with Crippen LogP contribution in [0.1, 0.15) is 15.9 Å². The molecule has 4 aromatic rings. The minimum absolute atomic E-state index is 0.279. The summed E-state index contributed by atoms with van der Waals surface area (Å²) in [5, 5.41) is 3.61. The standard InChI is InChI=1S/C23H16FNO3/c1-14-12-22(26)28-21-13-17(6-11-20(14)21)15-2-4-16(5-3-15)23(27)25-19-9-7-18(24)8-10-19/h2-13H,1H3,(H,25,27). The van der Waals surface area contributed by atoms with Crippen molar-refractivity contribution in [1.82, 2.24) is 0 Å².